The number of hydrogen-bond donors (Lipinski definition) is 1. The number of ether oxygens (including phenoxy) is 6. The van der Waals surface area contributed by atoms with E-state index in [9.17, 15) is 9.90 Å². The summed E-state index contributed by atoms with van der Waals surface area (Å²) in [6.45, 7) is 2.00. The van der Waals surface area contributed by atoms with Gasteiger partial charge < -0.3 is 33.5 Å². The van der Waals surface area contributed by atoms with Gasteiger partial charge in [-0.2, -0.15) is 5.26 Å². The lowest BCUT2D eigenvalue weighted by molar-refractivity contribution is -0.140. The molecule has 0 bridgehead atoms. The van der Waals surface area contributed by atoms with Crippen molar-refractivity contribution >= 4 is 12.0 Å². The van der Waals surface area contributed by atoms with Crippen molar-refractivity contribution in [3.05, 3.63) is 35.4 Å². The van der Waals surface area contributed by atoms with Gasteiger partial charge in [0.2, 0.25) is 5.75 Å². The third-order valence-corrected chi connectivity index (χ3v) is 3.66. The summed E-state index contributed by atoms with van der Waals surface area (Å²) in [4.78, 5) is 12.0. The van der Waals surface area contributed by atoms with Crippen LogP contribution >= 0.6 is 0 Å². The highest BCUT2D eigenvalue weighted by atomic mass is 16.6. The van der Waals surface area contributed by atoms with Crippen LogP contribution in [-0.4, -0.2) is 72.0 Å². The predicted octanol–water partition coefficient (Wildman–Crippen LogP) is 2.10. The maximum absolute atomic E-state index is 12.0. The van der Waals surface area contributed by atoms with E-state index in [0.717, 1.165) is 0 Å². The Labute approximate surface area is 176 Å². The van der Waals surface area contributed by atoms with Crippen molar-refractivity contribution < 1.29 is 38.3 Å². The van der Waals surface area contributed by atoms with E-state index in [0.29, 0.717) is 32.0 Å². The molecule has 30 heavy (non-hydrogen) atoms. The largest absolute Gasteiger partial charge is 0.502 e. The second-order valence-electron chi connectivity index (χ2n) is 5.68. The molecule has 1 N–H and O–H groups in total. The number of phenols is 1. The third kappa shape index (κ3) is 8.96. The normalized spacial score (nSPS) is 11.3. The minimum Gasteiger partial charge on any atom is -0.502 e. The van der Waals surface area contributed by atoms with Gasteiger partial charge in [-0.3, -0.25) is 0 Å². The lowest BCUT2D eigenvalue weighted by Crippen LogP contribution is -2.14. The van der Waals surface area contributed by atoms with E-state index in [1.54, 1.807) is 31.4 Å². The molecule has 0 unspecified atom stereocenters. The molecule has 1 aromatic rings. The number of nitriles is 1. The fraction of sp³-hybridized carbons (Fsp3) is 0.429. The zero-order valence-corrected chi connectivity index (χ0v) is 17.4. The molecule has 1 aromatic carbocycles. The molecule has 164 valence electrons. The molecule has 0 radical (unpaired) electrons. The molecule has 0 aliphatic rings. The Balaban J connectivity index is 2.50. The van der Waals surface area contributed by atoms with Crippen LogP contribution in [0.5, 0.6) is 17.2 Å². The van der Waals surface area contributed by atoms with Gasteiger partial charge in [-0.25, -0.2) is 4.79 Å². The number of allylic oxidation sites excluding steroid dienone is 2. The highest BCUT2D eigenvalue weighted by Crippen LogP contribution is 2.37. The number of carbonyl (C=O) groups is 1. The van der Waals surface area contributed by atoms with Crippen molar-refractivity contribution in [2.24, 2.45) is 0 Å². The quantitative estimate of drug-likeness (QED) is 0.158. The second kappa shape index (κ2) is 14.9. The molecule has 0 atom stereocenters. The van der Waals surface area contributed by atoms with Crippen LogP contribution in [0.1, 0.15) is 5.56 Å². The first-order chi connectivity index (χ1) is 14.6. The van der Waals surface area contributed by atoms with Crippen LogP contribution < -0.4 is 9.47 Å². The molecule has 0 saturated carbocycles. The molecule has 0 aliphatic carbocycles. The number of phenolic OH excluding ortho intramolecular Hbond substituents is 1. The van der Waals surface area contributed by atoms with Gasteiger partial charge in [0, 0.05) is 7.11 Å². The van der Waals surface area contributed by atoms with Crippen molar-refractivity contribution in [1.82, 2.24) is 0 Å². The average molecular weight is 421 g/mol. The van der Waals surface area contributed by atoms with Gasteiger partial charge >= 0.3 is 5.97 Å². The van der Waals surface area contributed by atoms with E-state index in [4.69, 9.17) is 33.7 Å². The molecule has 9 heteroatoms. The van der Waals surface area contributed by atoms with Crippen LogP contribution in [0.2, 0.25) is 0 Å². The van der Waals surface area contributed by atoms with Gasteiger partial charge in [-0.15, -0.1) is 0 Å². The number of methoxy groups -OCH3 is 3. The first-order valence-corrected chi connectivity index (χ1v) is 9.12. The van der Waals surface area contributed by atoms with Gasteiger partial charge in [0.05, 0.1) is 47.3 Å². The van der Waals surface area contributed by atoms with Gasteiger partial charge in [0.15, 0.2) is 11.5 Å². The predicted molar refractivity (Wildman–Crippen MR) is 108 cm³/mol. The Hall–Kier alpha value is -3.06. The van der Waals surface area contributed by atoms with Gasteiger partial charge in [-0.05, 0) is 23.8 Å². The Morgan fingerprint density at radius 1 is 1.00 bits per heavy atom. The number of esters is 1. The average Bonchev–Trinajstić information content (AvgIpc) is 2.76. The Bertz CT molecular complexity index is 742. The molecule has 1 rings (SSSR count). The summed E-state index contributed by atoms with van der Waals surface area (Å²) in [5.74, 6) is -0.385. The number of carbonyl (C=O) groups excluding carboxylic acids is 1. The Morgan fingerprint density at radius 3 is 2.10 bits per heavy atom. The van der Waals surface area contributed by atoms with Crippen LogP contribution in [0.15, 0.2) is 29.9 Å². The maximum Gasteiger partial charge on any atom is 0.348 e. The van der Waals surface area contributed by atoms with Crippen LogP contribution in [-0.2, 0) is 23.7 Å². The fourth-order valence-corrected chi connectivity index (χ4v) is 2.15. The van der Waals surface area contributed by atoms with E-state index >= 15 is 0 Å². The molecule has 0 aliphatic heterocycles. The fourth-order valence-electron chi connectivity index (χ4n) is 2.15. The van der Waals surface area contributed by atoms with Crippen molar-refractivity contribution in [3.8, 4) is 23.3 Å². The molecule has 0 heterocycles. The summed E-state index contributed by atoms with van der Waals surface area (Å²) >= 11 is 0. The molecular weight excluding hydrogens is 394 g/mol. The van der Waals surface area contributed by atoms with Gasteiger partial charge in [0.1, 0.15) is 18.2 Å². The van der Waals surface area contributed by atoms with Crippen LogP contribution in [0.3, 0.4) is 0 Å². The molecule has 0 aromatic heterocycles. The minimum atomic E-state index is -0.747. The van der Waals surface area contributed by atoms with E-state index in [-0.39, 0.29) is 36.0 Å². The van der Waals surface area contributed by atoms with Crippen LogP contribution in [0.4, 0.5) is 0 Å². The van der Waals surface area contributed by atoms with E-state index < -0.39 is 5.97 Å². The lowest BCUT2D eigenvalue weighted by Gasteiger charge is -2.09. The smallest absolute Gasteiger partial charge is 0.348 e. The van der Waals surface area contributed by atoms with E-state index in [2.05, 4.69) is 0 Å². The number of aromatic hydroxyl groups is 1. The molecule has 0 amide bonds. The second-order valence-corrected chi connectivity index (χ2v) is 5.68. The molecule has 0 fully saturated rings. The summed E-state index contributed by atoms with van der Waals surface area (Å²) in [6.07, 6.45) is 4.47. The van der Waals surface area contributed by atoms with E-state index in [1.807, 2.05) is 0 Å². The van der Waals surface area contributed by atoms with Crippen molar-refractivity contribution in [3.63, 3.8) is 0 Å². The minimum absolute atomic E-state index is 0.0198. The number of hydrogen-bond acceptors (Lipinski definition) is 9. The zero-order valence-electron chi connectivity index (χ0n) is 17.4. The third-order valence-electron chi connectivity index (χ3n) is 3.66. The number of benzene rings is 1. The zero-order chi connectivity index (χ0) is 22.2. The molecule has 0 saturated heterocycles. The SMILES string of the molecule is COCCOCCOCCOC(=O)/C(C#N)=C/C=C/c1cc(OC)c(O)c(OC)c1. The van der Waals surface area contributed by atoms with Gasteiger partial charge in [0.25, 0.3) is 0 Å². The summed E-state index contributed by atoms with van der Waals surface area (Å²) in [5.41, 5.74) is 0.483. The standard InChI is InChI=1S/C21H27NO8/c1-25-7-8-28-9-10-29-11-12-30-21(24)17(15-22)6-4-5-16-13-18(26-2)20(23)19(14-16)27-3/h4-6,13-14,23H,7-12H2,1-3H3/b5-4+,17-6+. The van der Waals surface area contributed by atoms with Gasteiger partial charge in [-0.1, -0.05) is 12.2 Å². The van der Waals surface area contributed by atoms with Crippen molar-refractivity contribution in [2.45, 2.75) is 0 Å². The lowest BCUT2D eigenvalue weighted by atomic mass is 10.1. The topological polar surface area (TPSA) is 116 Å². The maximum atomic E-state index is 12.0. The first-order valence-electron chi connectivity index (χ1n) is 9.12. The number of rotatable bonds is 14. The highest BCUT2D eigenvalue weighted by Gasteiger charge is 2.11. The molecule has 0 spiro atoms. The van der Waals surface area contributed by atoms with Crippen molar-refractivity contribution in [1.29, 1.82) is 5.26 Å². The highest BCUT2D eigenvalue weighted by molar-refractivity contribution is 5.93. The van der Waals surface area contributed by atoms with Crippen molar-refractivity contribution in [2.75, 3.05) is 61.0 Å². The van der Waals surface area contributed by atoms with Crippen LogP contribution in [0, 0.1) is 11.3 Å². The summed E-state index contributed by atoms with van der Waals surface area (Å²) in [7, 11) is 4.43. The first kappa shape index (κ1) is 25.0. The van der Waals surface area contributed by atoms with Crippen LogP contribution in [0.25, 0.3) is 6.08 Å². The Morgan fingerprint density at radius 2 is 1.57 bits per heavy atom. The summed E-state index contributed by atoms with van der Waals surface area (Å²) in [5, 5.41) is 19.1. The number of nitrogens with zero attached hydrogens (tertiary/aromatic N) is 1. The summed E-state index contributed by atoms with van der Waals surface area (Å²) < 4.78 is 30.5. The van der Waals surface area contributed by atoms with E-state index in [1.165, 1.54) is 26.4 Å². The summed E-state index contributed by atoms with van der Waals surface area (Å²) in [6, 6.07) is 4.97. The monoisotopic (exact) mass is 421 g/mol. The molecule has 9 nitrogen and oxygen atoms in total. The molecular formula is C21H27NO8. The Kier molecular flexibility index (Phi) is 12.4.